The monoisotopic (exact) mass is 424 g/mol. The van der Waals surface area contributed by atoms with E-state index >= 15 is 0 Å². The number of halogens is 3. The zero-order valence-corrected chi connectivity index (χ0v) is 17.2. The van der Waals surface area contributed by atoms with Gasteiger partial charge in [0.25, 0.3) is 0 Å². The van der Waals surface area contributed by atoms with Gasteiger partial charge in [0.05, 0.1) is 0 Å². The van der Waals surface area contributed by atoms with Crippen LogP contribution in [0.15, 0.2) is 11.6 Å². The fourth-order valence-electron chi connectivity index (χ4n) is 2.61. The Hall–Kier alpha value is 0.333. The molecule has 0 radical (unpaired) electrons. The number of hydrogen-bond acceptors (Lipinski definition) is 3. The van der Waals surface area contributed by atoms with Gasteiger partial charge in [-0.1, -0.05) is 0 Å². The van der Waals surface area contributed by atoms with E-state index in [1.165, 1.54) is 5.57 Å². The molecular weight excluding hydrogens is 398 g/mol. The molecule has 1 atom stereocenters. The van der Waals surface area contributed by atoms with Crippen molar-refractivity contribution < 1.29 is 25.2 Å². The molecule has 0 aliphatic heterocycles. The molecule has 0 saturated heterocycles. The van der Waals surface area contributed by atoms with Crippen molar-refractivity contribution in [1.29, 1.82) is 0 Å². The number of hydrogen-bond donors (Lipinski definition) is 0. The predicted molar refractivity (Wildman–Crippen MR) is 89.2 cm³/mol. The molecule has 1 saturated carbocycles. The molecular formula is C13H25F3GeO3S2. The third kappa shape index (κ3) is 6.45. The van der Waals surface area contributed by atoms with Gasteiger partial charge in [0.2, 0.25) is 0 Å². The Bertz CT molecular complexity index is 516. The topological polar surface area (TPSA) is 43.4 Å². The number of rotatable bonds is 6. The Morgan fingerprint density at radius 1 is 1.18 bits per heavy atom. The van der Waals surface area contributed by atoms with Crippen molar-refractivity contribution in [1.82, 2.24) is 0 Å². The summed E-state index contributed by atoms with van der Waals surface area (Å²) in [5.74, 6) is 6.45. The minimum atomic E-state index is -5.54. The first-order valence-electron chi connectivity index (χ1n) is 7.18. The van der Waals surface area contributed by atoms with Gasteiger partial charge in [-0.3, -0.25) is 0 Å². The first kappa shape index (κ1) is 20.4. The molecule has 22 heavy (non-hydrogen) atoms. The van der Waals surface area contributed by atoms with Crippen LogP contribution in [0.25, 0.3) is 0 Å². The fraction of sp³-hybridized carbons (Fsp3) is 0.846. The molecule has 0 aromatic rings. The summed E-state index contributed by atoms with van der Waals surface area (Å²) in [6, 6.07) is 0. The quantitative estimate of drug-likeness (QED) is 0.357. The van der Waals surface area contributed by atoms with Gasteiger partial charge in [0.1, 0.15) is 0 Å². The van der Waals surface area contributed by atoms with Crippen molar-refractivity contribution in [2.45, 2.75) is 48.5 Å². The molecule has 1 fully saturated rings. The summed E-state index contributed by atoms with van der Waals surface area (Å²) in [5, 5.41) is 0. The molecule has 1 aliphatic carbocycles. The zero-order chi connectivity index (χ0) is 17.2. The maximum absolute atomic E-state index is 12.6. The van der Waals surface area contributed by atoms with Crippen LogP contribution < -0.4 is 0 Å². The van der Waals surface area contributed by atoms with Crippen molar-refractivity contribution in [3.05, 3.63) is 11.6 Å². The van der Waals surface area contributed by atoms with Gasteiger partial charge in [-0.15, -0.1) is 0 Å². The average molecular weight is 423 g/mol. The Morgan fingerprint density at radius 3 is 2.09 bits per heavy atom. The van der Waals surface area contributed by atoms with E-state index in [0.717, 1.165) is 25.7 Å². The fourth-order valence-corrected chi connectivity index (χ4v) is 20.8. The summed E-state index contributed by atoms with van der Waals surface area (Å²) >= 11 is -2.29. The van der Waals surface area contributed by atoms with Gasteiger partial charge in [0.15, 0.2) is 0 Å². The number of alkyl halides is 3. The zero-order valence-electron chi connectivity index (χ0n) is 13.5. The van der Waals surface area contributed by atoms with Crippen LogP contribution in [0.1, 0.15) is 25.7 Å². The van der Waals surface area contributed by atoms with Crippen LogP contribution in [0, 0.1) is 0 Å². The first-order chi connectivity index (χ1) is 9.74. The third-order valence-electron chi connectivity index (χ3n) is 3.25. The Balaban J connectivity index is 2.98. The minimum absolute atomic E-state index is 0.292. The standard InChI is InChI=1S/C13H25F3GeO3S2/c1-17(2,3)11-21(4,10-9-12-7-5-6-8-12)20-22(18,19)13(14,15)16/h9H,5-8,10-11H2,1-4H3. The van der Waals surface area contributed by atoms with E-state index in [1.807, 2.05) is 6.08 Å². The molecule has 3 nitrogen and oxygen atoms in total. The summed E-state index contributed by atoms with van der Waals surface area (Å²) in [6.45, 7) is 0. The summed E-state index contributed by atoms with van der Waals surface area (Å²) in [4.78, 5) is 0. The normalized spacial score (nSPS) is 21.5. The molecule has 0 heterocycles. The van der Waals surface area contributed by atoms with Gasteiger partial charge in [-0.25, -0.2) is 0 Å². The van der Waals surface area contributed by atoms with Gasteiger partial charge >= 0.3 is 136 Å². The van der Waals surface area contributed by atoms with E-state index in [4.69, 9.17) is 3.63 Å². The van der Waals surface area contributed by atoms with Crippen molar-refractivity contribution in [3.63, 3.8) is 0 Å². The number of allylic oxidation sites excluding steroid dienone is 1. The van der Waals surface area contributed by atoms with Crippen molar-refractivity contribution in [3.8, 4) is 0 Å². The van der Waals surface area contributed by atoms with Gasteiger partial charge in [-0.05, 0) is 0 Å². The van der Waals surface area contributed by atoms with Crippen LogP contribution in [0.4, 0.5) is 13.2 Å². The average Bonchev–Trinajstić information content (AvgIpc) is 2.73. The third-order valence-corrected chi connectivity index (χ3v) is 17.5. The Morgan fingerprint density at radius 2 is 1.68 bits per heavy atom. The first-order valence-corrected chi connectivity index (χ1v) is 18.7. The van der Waals surface area contributed by atoms with E-state index < -0.39 is 39.2 Å². The second-order valence-electron chi connectivity index (χ2n) is 7.09. The van der Waals surface area contributed by atoms with E-state index in [0.29, 0.717) is 10.3 Å². The molecule has 9 heteroatoms. The van der Waals surface area contributed by atoms with Crippen LogP contribution in [0.3, 0.4) is 0 Å². The molecule has 1 unspecified atom stereocenters. The maximum atomic E-state index is 12.6. The van der Waals surface area contributed by atoms with Gasteiger partial charge in [0, 0.05) is 0 Å². The van der Waals surface area contributed by atoms with Gasteiger partial charge < -0.3 is 0 Å². The molecule has 0 N–H and O–H groups in total. The second kappa shape index (κ2) is 7.06. The van der Waals surface area contributed by atoms with E-state index in [9.17, 15) is 21.6 Å². The van der Waals surface area contributed by atoms with E-state index in [2.05, 4.69) is 17.3 Å². The summed E-state index contributed by atoms with van der Waals surface area (Å²) in [7, 11) is -7.86. The van der Waals surface area contributed by atoms with Crippen LogP contribution in [-0.2, 0) is 13.7 Å². The van der Waals surface area contributed by atoms with Crippen molar-refractivity contribution in [2.75, 3.05) is 16.6 Å². The Kier molecular flexibility index (Phi) is 6.54. The van der Waals surface area contributed by atoms with E-state index in [-0.39, 0.29) is 0 Å². The molecule has 0 spiro atoms. The summed E-state index contributed by atoms with van der Waals surface area (Å²) < 4.78 is 66.0. The molecule has 132 valence electrons. The summed E-state index contributed by atoms with van der Waals surface area (Å²) in [6.07, 6.45) is 7.59. The molecule has 0 bridgehead atoms. The van der Waals surface area contributed by atoms with Gasteiger partial charge in [-0.2, -0.15) is 0 Å². The van der Waals surface area contributed by atoms with Crippen LogP contribution in [-0.4, -0.2) is 43.8 Å². The SMILES string of the molecule is CS(CC=C1CCCC1)([CH2][Ge]([CH3])([CH3])[CH3])OS(=O)(=O)C(F)(F)F. The van der Waals surface area contributed by atoms with E-state index in [1.54, 1.807) is 6.26 Å². The van der Waals surface area contributed by atoms with Crippen LogP contribution in [0.5, 0.6) is 0 Å². The predicted octanol–water partition coefficient (Wildman–Crippen LogP) is 4.58. The summed E-state index contributed by atoms with van der Waals surface area (Å²) in [5.41, 5.74) is -4.14. The van der Waals surface area contributed by atoms with Crippen LogP contribution in [0.2, 0.25) is 17.3 Å². The molecule has 0 aromatic carbocycles. The Labute approximate surface area is 135 Å². The van der Waals surface area contributed by atoms with Crippen molar-refractivity contribution in [2.24, 2.45) is 0 Å². The van der Waals surface area contributed by atoms with Crippen molar-refractivity contribution >= 4 is 33.7 Å². The molecule has 0 amide bonds. The molecule has 1 aliphatic rings. The van der Waals surface area contributed by atoms with Crippen LogP contribution >= 0.6 is 10.3 Å². The second-order valence-corrected chi connectivity index (χ2v) is 24.6. The molecule has 1 rings (SSSR count). The molecule has 0 aromatic heterocycles.